The lowest BCUT2D eigenvalue weighted by Crippen LogP contribution is -1.97. The van der Waals surface area contributed by atoms with Crippen molar-refractivity contribution in [3.8, 4) is 11.1 Å². The van der Waals surface area contributed by atoms with E-state index in [4.69, 9.17) is 23.2 Å². The Hall–Kier alpha value is -1.10. The highest BCUT2D eigenvalue weighted by Crippen LogP contribution is 2.37. The molecule has 6 heteroatoms. The molecule has 0 radical (unpaired) electrons. The Bertz CT molecular complexity index is 798. The molecule has 3 rings (SSSR count). The number of fused-ring (bicyclic) bond motifs is 1. The predicted molar refractivity (Wildman–Crippen MR) is 85.5 cm³/mol. The molecule has 0 N–H and O–H groups in total. The maximum absolute atomic E-state index is 6.48. The molecule has 2 heterocycles. The van der Waals surface area contributed by atoms with Crippen LogP contribution in [0.1, 0.15) is 12.6 Å². The van der Waals surface area contributed by atoms with Crippen molar-refractivity contribution in [1.82, 2.24) is 14.6 Å². The number of hydrogen-bond donors (Lipinski definition) is 0. The van der Waals surface area contributed by atoms with Gasteiger partial charge in [-0.05, 0) is 12.5 Å². The molecule has 20 heavy (non-hydrogen) atoms. The lowest BCUT2D eigenvalue weighted by atomic mass is 10.1. The number of halogens is 3. The maximum Gasteiger partial charge on any atom is 0.158 e. The van der Waals surface area contributed by atoms with Crippen molar-refractivity contribution in [3.05, 3.63) is 50.8 Å². The summed E-state index contributed by atoms with van der Waals surface area (Å²) in [5.74, 6) is 0. The molecule has 0 saturated carbocycles. The summed E-state index contributed by atoms with van der Waals surface area (Å²) in [6.07, 6.45) is 0.821. The summed E-state index contributed by atoms with van der Waals surface area (Å²) in [4.78, 5) is 4.38. The Balaban J connectivity index is 2.34. The van der Waals surface area contributed by atoms with E-state index in [-0.39, 0.29) is 0 Å². The topological polar surface area (TPSA) is 30.2 Å². The minimum Gasteiger partial charge on any atom is -0.216 e. The summed E-state index contributed by atoms with van der Waals surface area (Å²) in [5.41, 5.74) is 3.16. The van der Waals surface area contributed by atoms with E-state index in [2.05, 4.69) is 26.0 Å². The Morgan fingerprint density at radius 2 is 2.00 bits per heavy atom. The van der Waals surface area contributed by atoms with E-state index in [1.54, 1.807) is 4.52 Å². The van der Waals surface area contributed by atoms with Crippen LogP contribution in [0.4, 0.5) is 0 Å². The van der Waals surface area contributed by atoms with Gasteiger partial charge in [-0.3, -0.25) is 0 Å². The molecular weight excluding hydrogens is 361 g/mol. The van der Waals surface area contributed by atoms with E-state index >= 15 is 0 Å². The molecule has 102 valence electrons. The SMILES string of the molecule is CCc1cc2nc(Cl)c(-c3ccccc3Br)c(Cl)n2n1. The van der Waals surface area contributed by atoms with E-state index in [0.717, 1.165) is 22.2 Å². The van der Waals surface area contributed by atoms with E-state index < -0.39 is 0 Å². The Morgan fingerprint density at radius 1 is 1.25 bits per heavy atom. The average molecular weight is 371 g/mol. The molecule has 0 fully saturated rings. The van der Waals surface area contributed by atoms with Gasteiger partial charge in [-0.15, -0.1) is 0 Å². The zero-order chi connectivity index (χ0) is 14.3. The molecule has 0 bridgehead atoms. The third-order valence-corrected chi connectivity index (χ3v) is 4.37. The average Bonchev–Trinajstić information content (AvgIpc) is 2.84. The first-order chi connectivity index (χ1) is 9.61. The standard InChI is InChI=1S/C14H10BrCl2N3/c1-2-8-7-11-18-13(16)12(14(17)20(11)19-8)9-5-3-4-6-10(9)15/h3-7H,2H2,1H3. The smallest absolute Gasteiger partial charge is 0.158 e. The second kappa shape index (κ2) is 5.35. The fourth-order valence-electron chi connectivity index (χ4n) is 2.05. The van der Waals surface area contributed by atoms with Crippen molar-refractivity contribution in [2.24, 2.45) is 0 Å². The van der Waals surface area contributed by atoms with E-state index in [1.165, 1.54) is 0 Å². The van der Waals surface area contributed by atoms with Gasteiger partial charge in [0.1, 0.15) is 10.3 Å². The molecule has 0 saturated heterocycles. The number of aromatic nitrogens is 3. The molecule has 0 aliphatic rings. The second-order valence-corrected chi connectivity index (χ2v) is 5.88. The van der Waals surface area contributed by atoms with Crippen LogP contribution in [0.3, 0.4) is 0 Å². The number of benzene rings is 1. The van der Waals surface area contributed by atoms with Gasteiger partial charge in [-0.25, -0.2) is 9.50 Å². The summed E-state index contributed by atoms with van der Waals surface area (Å²) in [6, 6.07) is 9.63. The Kier molecular flexibility index (Phi) is 3.71. The molecule has 0 amide bonds. The Morgan fingerprint density at radius 3 is 2.70 bits per heavy atom. The molecule has 1 aromatic carbocycles. The summed E-state index contributed by atoms with van der Waals surface area (Å²) in [5, 5.41) is 5.27. The molecule has 0 spiro atoms. The van der Waals surface area contributed by atoms with Crippen LogP contribution >= 0.6 is 39.1 Å². The molecule has 0 atom stereocenters. The molecular formula is C14H10BrCl2N3. The summed E-state index contributed by atoms with van der Waals surface area (Å²) in [7, 11) is 0. The lowest BCUT2D eigenvalue weighted by Gasteiger charge is -2.09. The van der Waals surface area contributed by atoms with Crippen molar-refractivity contribution in [1.29, 1.82) is 0 Å². The second-order valence-electron chi connectivity index (χ2n) is 4.31. The van der Waals surface area contributed by atoms with Gasteiger partial charge in [-0.2, -0.15) is 5.10 Å². The zero-order valence-electron chi connectivity index (χ0n) is 10.6. The third kappa shape index (κ3) is 2.22. The van der Waals surface area contributed by atoms with Crippen molar-refractivity contribution >= 4 is 44.8 Å². The largest absolute Gasteiger partial charge is 0.216 e. The number of nitrogens with zero attached hydrogens (tertiary/aromatic N) is 3. The minimum atomic E-state index is 0.372. The van der Waals surface area contributed by atoms with Crippen LogP contribution in [-0.4, -0.2) is 14.6 Å². The molecule has 3 aromatic rings. The summed E-state index contributed by atoms with van der Waals surface area (Å²) in [6.45, 7) is 2.03. The summed E-state index contributed by atoms with van der Waals surface area (Å²) < 4.78 is 2.54. The first-order valence-corrected chi connectivity index (χ1v) is 7.65. The van der Waals surface area contributed by atoms with Crippen LogP contribution in [0.25, 0.3) is 16.8 Å². The zero-order valence-corrected chi connectivity index (χ0v) is 13.7. The van der Waals surface area contributed by atoms with E-state index in [0.29, 0.717) is 21.5 Å². The molecule has 3 nitrogen and oxygen atoms in total. The quantitative estimate of drug-likeness (QED) is 0.592. The van der Waals surface area contributed by atoms with Crippen molar-refractivity contribution in [2.75, 3.05) is 0 Å². The van der Waals surface area contributed by atoms with Crippen LogP contribution in [0, 0.1) is 0 Å². The van der Waals surface area contributed by atoms with Crippen molar-refractivity contribution in [3.63, 3.8) is 0 Å². The van der Waals surface area contributed by atoms with E-state index in [9.17, 15) is 0 Å². The normalized spacial score (nSPS) is 11.2. The number of rotatable bonds is 2. The minimum absolute atomic E-state index is 0.372. The van der Waals surface area contributed by atoms with Crippen LogP contribution in [0.15, 0.2) is 34.8 Å². The number of hydrogen-bond acceptors (Lipinski definition) is 2. The lowest BCUT2D eigenvalue weighted by molar-refractivity contribution is 0.889. The van der Waals surface area contributed by atoms with Gasteiger partial charge >= 0.3 is 0 Å². The van der Waals surface area contributed by atoms with Crippen molar-refractivity contribution < 1.29 is 0 Å². The van der Waals surface area contributed by atoms with Gasteiger partial charge in [0.2, 0.25) is 0 Å². The highest BCUT2D eigenvalue weighted by atomic mass is 79.9. The molecule has 0 aliphatic heterocycles. The van der Waals surface area contributed by atoms with E-state index in [1.807, 2.05) is 37.3 Å². The number of aryl methyl sites for hydroxylation is 1. The van der Waals surface area contributed by atoms with Crippen LogP contribution < -0.4 is 0 Å². The van der Waals surface area contributed by atoms with Crippen LogP contribution in [0.2, 0.25) is 10.3 Å². The highest BCUT2D eigenvalue weighted by Gasteiger charge is 2.17. The fourth-order valence-corrected chi connectivity index (χ4v) is 3.17. The first-order valence-electron chi connectivity index (χ1n) is 6.10. The van der Waals surface area contributed by atoms with Crippen LogP contribution in [0.5, 0.6) is 0 Å². The highest BCUT2D eigenvalue weighted by molar-refractivity contribution is 9.10. The molecule has 0 unspecified atom stereocenters. The predicted octanol–water partition coefficient (Wildman–Crippen LogP) is 5.03. The third-order valence-electron chi connectivity index (χ3n) is 3.06. The molecule has 2 aromatic heterocycles. The maximum atomic E-state index is 6.48. The van der Waals surface area contributed by atoms with Gasteiger partial charge in [0, 0.05) is 16.1 Å². The van der Waals surface area contributed by atoms with Gasteiger partial charge in [0.05, 0.1) is 11.3 Å². The fraction of sp³-hybridized carbons (Fsp3) is 0.143. The Labute approximate surface area is 134 Å². The van der Waals surface area contributed by atoms with Gasteiger partial charge in [0.15, 0.2) is 5.65 Å². The molecule has 0 aliphatic carbocycles. The van der Waals surface area contributed by atoms with Gasteiger partial charge in [-0.1, -0.05) is 64.3 Å². The van der Waals surface area contributed by atoms with Gasteiger partial charge in [0.25, 0.3) is 0 Å². The van der Waals surface area contributed by atoms with Crippen LogP contribution in [-0.2, 0) is 6.42 Å². The first kappa shape index (κ1) is 13.9. The summed E-state index contributed by atoms with van der Waals surface area (Å²) >= 11 is 16.3. The van der Waals surface area contributed by atoms with Crippen molar-refractivity contribution in [2.45, 2.75) is 13.3 Å². The monoisotopic (exact) mass is 369 g/mol. The van der Waals surface area contributed by atoms with Gasteiger partial charge < -0.3 is 0 Å².